The number of thiophene rings is 1. The van der Waals surface area contributed by atoms with Crippen LogP contribution in [-0.4, -0.2) is 84.1 Å². The highest BCUT2D eigenvalue weighted by Gasteiger charge is 2.24. The fourth-order valence-electron chi connectivity index (χ4n) is 4.56. The summed E-state index contributed by atoms with van der Waals surface area (Å²) >= 11 is 1.78. The van der Waals surface area contributed by atoms with Crippen LogP contribution in [0, 0.1) is 0 Å². The van der Waals surface area contributed by atoms with Crippen molar-refractivity contribution in [3.8, 4) is 0 Å². The molecule has 3 aliphatic heterocycles. The van der Waals surface area contributed by atoms with Crippen molar-refractivity contribution in [2.75, 3.05) is 57.8 Å². The van der Waals surface area contributed by atoms with Crippen LogP contribution in [0.25, 0.3) is 6.08 Å². The number of carbonyl (C=O) groups is 2. The molecule has 1 fully saturated rings. The lowest BCUT2D eigenvalue weighted by Gasteiger charge is -2.32. The molecule has 5 heterocycles. The Bertz CT molecular complexity index is 1110. The Morgan fingerprint density at radius 2 is 2.11 bits per heavy atom. The van der Waals surface area contributed by atoms with Crippen LogP contribution in [0.4, 0.5) is 10.6 Å². The van der Waals surface area contributed by atoms with E-state index in [1.807, 2.05) is 21.9 Å². The number of ether oxygens (including phenoxy) is 1. The molecule has 0 radical (unpaired) electrons. The van der Waals surface area contributed by atoms with E-state index in [0.29, 0.717) is 25.5 Å². The monoisotopic (exact) mass is 493 g/mol. The quantitative estimate of drug-likeness (QED) is 0.473. The minimum Gasteiger partial charge on any atom is -0.379 e. The van der Waals surface area contributed by atoms with Crippen molar-refractivity contribution in [2.45, 2.75) is 19.4 Å². The van der Waals surface area contributed by atoms with Gasteiger partial charge in [-0.05, 0) is 35.6 Å². The van der Waals surface area contributed by atoms with Gasteiger partial charge in [0.2, 0.25) is 5.91 Å². The van der Waals surface area contributed by atoms with Crippen LogP contribution in [0.3, 0.4) is 0 Å². The predicted octanol–water partition coefficient (Wildman–Crippen LogP) is 3.24. The Balaban J connectivity index is 1.15. The molecule has 1 saturated heterocycles. The number of hydrogen-bond acceptors (Lipinski definition) is 6. The molecule has 5 rings (SSSR count). The van der Waals surface area contributed by atoms with Crippen LogP contribution in [0.2, 0.25) is 0 Å². The number of aromatic nitrogens is 1. The molecule has 184 valence electrons. The van der Waals surface area contributed by atoms with Crippen LogP contribution >= 0.6 is 11.3 Å². The summed E-state index contributed by atoms with van der Waals surface area (Å²) in [7, 11) is 0. The molecule has 0 spiro atoms. The molecule has 0 aromatic carbocycles. The van der Waals surface area contributed by atoms with E-state index in [4.69, 9.17) is 4.74 Å². The van der Waals surface area contributed by atoms with Crippen molar-refractivity contribution >= 4 is 35.2 Å². The summed E-state index contributed by atoms with van der Waals surface area (Å²) in [5, 5.41) is 4.99. The average molecular weight is 494 g/mol. The fraction of sp³-hybridized carbons (Fsp3) is 0.423. The van der Waals surface area contributed by atoms with Crippen LogP contribution in [0.1, 0.15) is 22.4 Å². The molecule has 3 aliphatic rings. The Kier molecular flexibility index (Phi) is 7.56. The maximum Gasteiger partial charge on any atom is 0.323 e. The van der Waals surface area contributed by atoms with Gasteiger partial charge in [0.25, 0.3) is 0 Å². The summed E-state index contributed by atoms with van der Waals surface area (Å²) < 4.78 is 5.40. The number of amides is 3. The second kappa shape index (κ2) is 11.2. The first kappa shape index (κ1) is 23.7. The molecule has 1 N–H and O–H groups in total. The smallest absolute Gasteiger partial charge is 0.323 e. The third-order valence-electron chi connectivity index (χ3n) is 6.67. The number of rotatable bonds is 7. The van der Waals surface area contributed by atoms with Crippen molar-refractivity contribution in [3.63, 3.8) is 0 Å². The Morgan fingerprint density at radius 1 is 1.23 bits per heavy atom. The van der Waals surface area contributed by atoms with E-state index in [0.717, 1.165) is 63.4 Å². The number of anilines is 1. The lowest BCUT2D eigenvalue weighted by Crippen LogP contribution is -2.45. The third kappa shape index (κ3) is 6.17. The molecule has 2 aromatic rings. The predicted molar refractivity (Wildman–Crippen MR) is 137 cm³/mol. The number of morpholine rings is 1. The fourth-order valence-corrected chi connectivity index (χ4v) is 5.32. The van der Waals surface area contributed by atoms with Gasteiger partial charge in [-0.25, -0.2) is 9.78 Å². The minimum absolute atomic E-state index is 0.00887. The van der Waals surface area contributed by atoms with Gasteiger partial charge < -0.3 is 14.5 Å². The lowest BCUT2D eigenvalue weighted by atomic mass is 10.0. The van der Waals surface area contributed by atoms with Crippen molar-refractivity contribution in [1.82, 2.24) is 19.7 Å². The molecule has 0 saturated carbocycles. The third-order valence-corrected chi connectivity index (χ3v) is 7.54. The summed E-state index contributed by atoms with van der Waals surface area (Å²) in [5.74, 6) is 0.607. The Labute approximate surface area is 209 Å². The van der Waals surface area contributed by atoms with Gasteiger partial charge in [0.05, 0.1) is 19.8 Å². The second-order valence-electron chi connectivity index (χ2n) is 9.07. The van der Waals surface area contributed by atoms with Crippen LogP contribution in [0.15, 0.2) is 47.5 Å². The summed E-state index contributed by atoms with van der Waals surface area (Å²) in [4.78, 5) is 37.0. The van der Waals surface area contributed by atoms with E-state index >= 15 is 0 Å². The van der Waals surface area contributed by atoms with Gasteiger partial charge in [0, 0.05) is 68.4 Å². The van der Waals surface area contributed by atoms with E-state index < -0.39 is 0 Å². The van der Waals surface area contributed by atoms with Crippen LogP contribution in [-0.2, 0) is 22.5 Å². The Morgan fingerprint density at radius 3 is 2.89 bits per heavy atom. The van der Waals surface area contributed by atoms with Crippen LogP contribution in [0.5, 0.6) is 0 Å². The summed E-state index contributed by atoms with van der Waals surface area (Å²) in [6.45, 7) is 6.68. The molecule has 2 aromatic heterocycles. The molecular formula is C26H31N5O3S. The van der Waals surface area contributed by atoms with Crippen molar-refractivity contribution < 1.29 is 14.3 Å². The molecule has 0 atom stereocenters. The van der Waals surface area contributed by atoms with Crippen molar-refractivity contribution in [2.24, 2.45) is 0 Å². The average Bonchev–Trinajstić information content (AvgIpc) is 3.40. The van der Waals surface area contributed by atoms with E-state index in [-0.39, 0.29) is 11.9 Å². The van der Waals surface area contributed by atoms with E-state index in [1.165, 1.54) is 10.5 Å². The number of hydrogen-bond donors (Lipinski definition) is 1. The molecule has 35 heavy (non-hydrogen) atoms. The molecule has 0 bridgehead atoms. The van der Waals surface area contributed by atoms with Gasteiger partial charge in [0.15, 0.2) is 0 Å². The van der Waals surface area contributed by atoms with Gasteiger partial charge in [-0.15, -0.1) is 11.3 Å². The summed E-state index contributed by atoms with van der Waals surface area (Å²) in [6.07, 6.45) is 9.22. The SMILES string of the molecule is O=C(/C=C/c1cnc2c(c1)CN(CCN1CCOCC1)C(=O)N2)N1CC=C(Cc2cccs2)CC1. The number of nitrogens with zero attached hydrogens (tertiary/aromatic N) is 4. The number of fused-ring (bicyclic) bond motifs is 1. The minimum atomic E-state index is -0.117. The number of carbonyl (C=O) groups excluding carboxylic acids is 2. The van der Waals surface area contributed by atoms with Crippen molar-refractivity contribution in [1.29, 1.82) is 0 Å². The molecular weight excluding hydrogens is 462 g/mol. The molecule has 0 aliphatic carbocycles. The zero-order chi connectivity index (χ0) is 24.0. The molecule has 3 amide bonds. The molecule has 9 heteroatoms. The van der Waals surface area contributed by atoms with E-state index in [1.54, 1.807) is 23.6 Å². The first-order valence-electron chi connectivity index (χ1n) is 12.2. The van der Waals surface area contributed by atoms with Gasteiger partial charge >= 0.3 is 6.03 Å². The highest BCUT2D eigenvalue weighted by atomic mass is 32.1. The van der Waals surface area contributed by atoms with Gasteiger partial charge in [0.1, 0.15) is 5.82 Å². The normalized spacial score (nSPS) is 19.0. The topological polar surface area (TPSA) is 78.0 Å². The first-order chi connectivity index (χ1) is 17.1. The number of nitrogens with one attached hydrogen (secondary N) is 1. The van der Waals surface area contributed by atoms with Gasteiger partial charge in [-0.1, -0.05) is 17.7 Å². The lowest BCUT2D eigenvalue weighted by molar-refractivity contribution is -0.125. The first-order valence-corrected chi connectivity index (χ1v) is 13.0. The Hall–Kier alpha value is -3.01. The standard InChI is InChI=1S/C26H31N5O3S/c32-24(30-7-5-20(6-8-30)17-23-2-1-15-35-23)4-3-21-16-22-19-31(26(33)28-25(22)27-18-21)10-9-29-11-13-34-14-12-29/h1-5,15-16,18H,6-14,17,19H2,(H,27,28,33)/b4-3+. The van der Waals surface area contributed by atoms with Crippen LogP contribution < -0.4 is 5.32 Å². The number of pyridine rings is 1. The molecule has 0 unspecified atom stereocenters. The number of urea groups is 1. The molecule has 8 nitrogen and oxygen atoms in total. The summed E-state index contributed by atoms with van der Waals surface area (Å²) in [6, 6.07) is 6.12. The zero-order valence-corrected chi connectivity index (χ0v) is 20.6. The van der Waals surface area contributed by atoms with Crippen molar-refractivity contribution in [3.05, 3.63) is 63.5 Å². The highest BCUT2D eigenvalue weighted by Crippen LogP contribution is 2.23. The van der Waals surface area contributed by atoms with E-state index in [2.05, 4.69) is 38.8 Å². The zero-order valence-electron chi connectivity index (χ0n) is 19.8. The second-order valence-corrected chi connectivity index (χ2v) is 10.1. The highest BCUT2D eigenvalue weighted by molar-refractivity contribution is 7.09. The van der Waals surface area contributed by atoms with Gasteiger partial charge in [-0.2, -0.15) is 0 Å². The van der Waals surface area contributed by atoms with Gasteiger partial charge in [-0.3, -0.25) is 15.0 Å². The summed E-state index contributed by atoms with van der Waals surface area (Å²) in [5.41, 5.74) is 3.22. The van der Waals surface area contributed by atoms with E-state index in [9.17, 15) is 9.59 Å². The maximum absolute atomic E-state index is 12.7. The maximum atomic E-state index is 12.7. The largest absolute Gasteiger partial charge is 0.379 e.